The van der Waals surface area contributed by atoms with Crippen molar-refractivity contribution >= 4 is 11.9 Å². The van der Waals surface area contributed by atoms with Crippen LogP contribution in [-0.4, -0.2) is 71.4 Å². The lowest BCUT2D eigenvalue weighted by Gasteiger charge is -2.44. The summed E-state index contributed by atoms with van der Waals surface area (Å²) in [5.74, 6) is 2.87. The van der Waals surface area contributed by atoms with E-state index in [1.165, 1.54) is 12.5 Å². The van der Waals surface area contributed by atoms with Crippen LogP contribution < -0.4 is 9.64 Å². The second-order valence-electron chi connectivity index (χ2n) is 11.1. The number of methoxy groups -OCH3 is 1. The molecule has 9 heteroatoms. The quantitative estimate of drug-likeness (QED) is 0.523. The lowest BCUT2D eigenvalue weighted by molar-refractivity contribution is -0.151. The molecule has 1 amide bonds. The summed E-state index contributed by atoms with van der Waals surface area (Å²) < 4.78 is 25.5. The number of amides is 1. The summed E-state index contributed by atoms with van der Waals surface area (Å²) in [4.78, 5) is 25.1. The van der Waals surface area contributed by atoms with Crippen LogP contribution in [0.5, 0.6) is 5.75 Å². The average Bonchev–Trinajstić information content (AvgIpc) is 3.64. The highest BCUT2D eigenvalue weighted by molar-refractivity contribution is 5.80. The molecule has 2 aromatic rings. The SMILES string of the molecule is COCc1cnc(N2CCC([C@H]3CC3CCOc3ccc(CC(=O)N4CC(C)(O)C4)c(F)c3)CC2)nc1. The van der Waals surface area contributed by atoms with Gasteiger partial charge < -0.3 is 24.4 Å². The van der Waals surface area contributed by atoms with Crippen LogP contribution in [0.25, 0.3) is 0 Å². The van der Waals surface area contributed by atoms with Crippen molar-refractivity contribution in [3.63, 3.8) is 0 Å². The molecule has 1 aromatic carbocycles. The summed E-state index contributed by atoms with van der Waals surface area (Å²) in [6.07, 6.45) is 8.22. The molecule has 0 bridgehead atoms. The molecule has 0 spiro atoms. The average molecular weight is 513 g/mol. The van der Waals surface area contributed by atoms with E-state index in [2.05, 4.69) is 14.9 Å². The molecule has 5 rings (SSSR count). The fraction of sp³-hybridized carbons (Fsp3) is 0.607. The van der Waals surface area contributed by atoms with Crippen molar-refractivity contribution in [1.82, 2.24) is 14.9 Å². The van der Waals surface area contributed by atoms with Crippen molar-refractivity contribution in [1.29, 1.82) is 0 Å². The molecule has 37 heavy (non-hydrogen) atoms. The topological polar surface area (TPSA) is 88.0 Å². The number of carbonyl (C=O) groups excluding carboxylic acids is 1. The molecule has 1 aromatic heterocycles. The van der Waals surface area contributed by atoms with Crippen molar-refractivity contribution in [2.45, 2.75) is 51.2 Å². The number of anilines is 1. The number of rotatable bonds is 10. The Hall–Kier alpha value is -2.78. The summed E-state index contributed by atoms with van der Waals surface area (Å²) in [6, 6.07) is 4.74. The number of carbonyl (C=O) groups is 1. The van der Waals surface area contributed by atoms with Gasteiger partial charge in [-0.05, 0) is 62.0 Å². The first-order chi connectivity index (χ1) is 17.8. The van der Waals surface area contributed by atoms with Crippen molar-refractivity contribution in [2.24, 2.45) is 17.8 Å². The molecule has 200 valence electrons. The minimum absolute atomic E-state index is 0.00395. The number of piperidine rings is 1. The minimum Gasteiger partial charge on any atom is -0.493 e. The van der Waals surface area contributed by atoms with Gasteiger partial charge in [0.15, 0.2) is 0 Å². The van der Waals surface area contributed by atoms with E-state index in [4.69, 9.17) is 9.47 Å². The number of hydrogen-bond acceptors (Lipinski definition) is 7. The first kappa shape index (κ1) is 25.9. The molecule has 3 heterocycles. The summed E-state index contributed by atoms with van der Waals surface area (Å²) in [5.41, 5.74) is 0.514. The maximum atomic E-state index is 14.5. The molecular formula is C28H37FN4O4. The Kier molecular flexibility index (Phi) is 7.62. The number of aliphatic hydroxyl groups is 1. The van der Waals surface area contributed by atoms with Gasteiger partial charge in [-0.3, -0.25) is 4.79 Å². The van der Waals surface area contributed by atoms with Gasteiger partial charge in [-0.25, -0.2) is 14.4 Å². The highest BCUT2D eigenvalue weighted by Gasteiger charge is 2.43. The smallest absolute Gasteiger partial charge is 0.227 e. The summed E-state index contributed by atoms with van der Waals surface area (Å²) in [5, 5.41) is 9.79. The van der Waals surface area contributed by atoms with Gasteiger partial charge >= 0.3 is 0 Å². The van der Waals surface area contributed by atoms with Gasteiger partial charge in [-0.15, -0.1) is 0 Å². The molecule has 3 fully saturated rings. The van der Waals surface area contributed by atoms with E-state index >= 15 is 0 Å². The largest absolute Gasteiger partial charge is 0.493 e. The number of aromatic nitrogens is 2. The Morgan fingerprint density at radius 2 is 1.95 bits per heavy atom. The fourth-order valence-electron chi connectivity index (χ4n) is 5.78. The summed E-state index contributed by atoms with van der Waals surface area (Å²) in [6.45, 7) is 5.36. The summed E-state index contributed by atoms with van der Waals surface area (Å²) in [7, 11) is 1.67. The molecular weight excluding hydrogens is 475 g/mol. The van der Waals surface area contributed by atoms with Crippen LogP contribution in [0.2, 0.25) is 0 Å². The Morgan fingerprint density at radius 1 is 1.22 bits per heavy atom. The third kappa shape index (κ3) is 6.38. The molecule has 8 nitrogen and oxygen atoms in total. The van der Waals surface area contributed by atoms with Crippen molar-refractivity contribution in [2.75, 3.05) is 44.8 Å². The first-order valence-corrected chi connectivity index (χ1v) is 13.3. The van der Waals surface area contributed by atoms with Gasteiger partial charge in [-0.2, -0.15) is 0 Å². The van der Waals surface area contributed by atoms with Crippen molar-refractivity contribution < 1.29 is 23.8 Å². The van der Waals surface area contributed by atoms with Gasteiger partial charge in [0.25, 0.3) is 0 Å². The van der Waals surface area contributed by atoms with Crippen LogP contribution >= 0.6 is 0 Å². The van der Waals surface area contributed by atoms with Gasteiger partial charge in [-0.1, -0.05) is 6.07 Å². The number of β-amino-alcohol motifs (C(OH)–C–C–N with tert-alkyl or cyclic N) is 1. The molecule has 1 N–H and O–H groups in total. The van der Waals surface area contributed by atoms with E-state index in [1.807, 2.05) is 12.4 Å². The predicted molar refractivity (Wildman–Crippen MR) is 137 cm³/mol. The third-order valence-corrected chi connectivity index (χ3v) is 7.95. The highest BCUT2D eigenvalue weighted by Crippen LogP contribution is 2.49. The second-order valence-corrected chi connectivity index (χ2v) is 11.1. The van der Waals surface area contributed by atoms with E-state index in [-0.39, 0.29) is 12.3 Å². The number of likely N-dealkylation sites (tertiary alicyclic amines) is 1. The minimum atomic E-state index is -0.823. The first-order valence-electron chi connectivity index (χ1n) is 13.3. The van der Waals surface area contributed by atoms with Crippen LogP contribution in [0.1, 0.15) is 43.7 Å². The molecule has 1 saturated carbocycles. The highest BCUT2D eigenvalue weighted by atomic mass is 19.1. The van der Waals surface area contributed by atoms with Crippen LogP contribution in [0.15, 0.2) is 30.6 Å². The van der Waals surface area contributed by atoms with E-state index < -0.39 is 11.4 Å². The molecule has 0 radical (unpaired) electrons. The Morgan fingerprint density at radius 3 is 2.59 bits per heavy atom. The van der Waals surface area contributed by atoms with Crippen LogP contribution in [0.4, 0.5) is 10.3 Å². The number of halogens is 1. The van der Waals surface area contributed by atoms with E-state index in [0.717, 1.165) is 55.7 Å². The zero-order valence-corrected chi connectivity index (χ0v) is 21.7. The molecule has 2 atom stereocenters. The van der Waals surface area contributed by atoms with Gasteiger partial charge in [0, 0.05) is 44.2 Å². The standard InChI is InChI=1S/C28H37FN4O4/c1-28(35)17-33(18-28)26(34)12-22-3-4-23(13-25(22)29)37-10-7-21-11-24(21)20-5-8-32(9-6-20)27-30-14-19(15-31-27)16-36-2/h3-4,13-15,20-21,24,35H,5-12,16-18H2,1-2H3/t21?,24-/m1/s1. The van der Waals surface area contributed by atoms with Crippen LogP contribution in [0, 0.1) is 23.6 Å². The Balaban J connectivity index is 1.01. The lowest BCUT2D eigenvalue weighted by Crippen LogP contribution is -2.62. The second kappa shape index (κ2) is 10.9. The Bertz CT molecular complexity index is 1080. The number of benzene rings is 1. The monoisotopic (exact) mass is 512 g/mol. The van der Waals surface area contributed by atoms with Crippen molar-refractivity contribution in [3.8, 4) is 5.75 Å². The zero-order chi connectivity index (χ0) is 26.0. The maximum absolute atomic E-state index is 14.5. The number of hydrogen-bond donors (Lipinski definition) is 1. The van der Waals surface area contributed by atoms with Gasteiger partial charge in [0.05, 0.1) is 38.3 Å². The van der Waals surface area contributed by atoms with Gasteiger partial charge in [0.1, 0.15) is 11.6 Å². The summed E-state index contributed by atoms with van der Waals surface area (Å²) >= 11 is 0. The number of nitrogens with zero attached hydrogens (tertiary/aromatic N) is 4. The molecule has 3 aliphatic rings. The van der Waals surface area contributed by atoms with Crippen LogP contribution in [0.3, 0.4) is 0 Å². The van der Waals surface area contributed by atoms with E-state index in [9.17, 15) is 14.3 Å². The molecule has 1 aliphatic carbocycles. The molecule has 2 aliphatic heterocycles. The van der Waals surface area contributed by atoms with Crippen molar-refractivity contribution in [3.05, 3.63) is 47.5 Å². The molecule has 2 saturated heterocycles. The van der Waals surface area contributed by atoms with E-state index in [1.54, 1.807) is 31.1 Å². The van der Waals surface area contributed by atoms with E-state index in [0.29, 0.717) is 43.5 Å². The maximum Gasteiger partial charge on any atom is 0.227 e. The predicted octanol–water partition coefficient (Wildman–Crippen LogP) is 3.22. The van der Waals surface area contributed by atoms with Gasteiger partial charge in [0.2, 0.25) is 11.9 Å². The normalized spacial score (nSPS) is 23.0. The zero-order valence-electron chi connectivity index (χ0n) is 21.7. The Labute approximate surface area is 217 Å². The fourth-order valence-corrected chi connectivity index (χ4v) is 5.78. The van der Waals surface area contributed by atoms with Crippen LogP contribution in [-0.2, 0) is 22.6 Å². The molecule has 1 unspecified atom stereocenters. The third-order valence-electron chi connectivity index (χ3n) is 7.95. The lowest BCUT2D eigenvalue weighted by atomic mass is 9.90. The number of ether oxygens (including phenoxy) is 2.